The zero-order valence-electron chi connectivity index (χ0n) is 11.8. The zero-order valence-corrected chi connectivity index (χ0v) is 12.5. The van der Waals surface area contributed by atoms with Crippen LogP contribution in [0.5, 0.6) is 0 Å². The van der Waals surface area contributed by atoms with E-state index in [1.54, 1.807) is 0 Å². The molecular weight excluding hydrogens is 272 g/mol. The van der Waals surface area contributed by atoms with Crippen LogP contribution in [0, 0.1) is 20.8 Å². The number of urea groups is 1. The average Bonchev–Trinajstić information content (AvgIpc) is 2.36. The second-order valence-electron chi connectivity index (χ2n) is 4.88. The second-order valence-corrected chi connectivity index (χ2v) is 5.29. The van der Waals surface area contributed by atoms with E-state index in [-0.39, 0.29) is 6.03 Å². The molecule has 20 heavy (non-hydrogen) atoms. The largest absolute Gasteiger partial charge is 0.323 e. The fraction of sp³-hybridized carbons (Fsp3) is 0.188. The maximum Gasteiger partial charge on any atom is 0.323 e. The molecular formula is C16H17ClN2O. The van der Waals surface area contributed by atoms with Crippen LogP contribution in [-0.2, 0) is 0 Å². The molecule has 2 amide bonds. The van der Waals surface area contributed by atoms with Crippen molar-refractivity contribution in [1.82, 2.24) is 0 Å². The van der Waals surface area contributed by atoms with Gasteiger partial charge in [0.1, 0.15) is 0 Å². The lowest BCUT2D eigenvalue weighted by molar-refractivity contribution is 0.262. The molecule has 0 aliphatic rings. The minimum absolute atomic E-state index is 0.303. The summed E-state index contributed by atoms with van der Waals surface area (Å²) in [6.07, 6.45) is 0. The monoisotopic (exact) mass is 288 g/mol. The third-order valence-electron chi connectivity index (χ3n) is 2.98. The first kappa shape index (κ1) is 14.4. The van der Waals surface area contributed by atoms with Gasteiger partial charge in [-0.3, -0.25) is 0 Å². The predicted octanol–water partition coefficient (Wildman–Crippen LogP) is 4.91. The molecule has 2 rings (SSSR count). The molecule has 0 aliphatic heterocycles. The summed E-state index contributed by atoms with van der Waals surface area (Å²) in [5, 5.41) is 6.11. The molecule has 104 valence electrons. The SMILES string of the molecule is Cc1ccc(NC(=O)Nc2c(C)cc(C)cc2Cl)cc1. The second kappa shape index (κ2) is 5.97. The third-order valence-corrected chi connectivity index (χ3v) is 3.28. The van der Waals surface area contributed by atoms with Gasteiger partial charge in [0.05, 0.1) is 10.7 Å². The molecule has 4 heteroatoms. The molecule has 0 heterocycles. The Hall–Kier alpha value is -2.00. The molecule has 0 aliphatic carbocycles. The summed E-state index contributed by atoms with van der Waals surface area (Å²) in [6.45, 7) is 5.88. The Morgan fingerprint density at radius 1 is 0.950 bits per heavy atom. The summed E-state index contributed by atoms with van der Waals surface area (Å²) in [7, 11) is 0. The highest BCUT2D eigenvalue weighted by molar-refractivity contribution is 6.34. The number of anilines is 2. The van der Waals surface area contributed by atoms with E-state index >= 15 is 0 Å². The Balaban J connectivity index is 2.10. The summed E-state index contributed by atoms with van der Waals surface area (Å²) in [5.41, 5.74) is 4.54. The van der Waals surface area contributed by atoms with Gasteiger partial charge in [0.25, 0.3) is 0 Å². The van der Waals surface area contributed by atoms with Crippen LogP contribution in [-0.4, -0.2) is 6.03 Å². The highest BCUT2D eigenvalue weighted by atomic mass is 35.5. The summed E-state index contributed by atoms with van der Waals surface area (Å²) in [4.78, 5) is 12.0. The number of aryl methyl sites for hydroxylation is 3. The van der Waals surface area contributed by atoms with Gasteiger partial charge in [-0.1, -0.05) is 35.4 Å². The van der Waals surface area contributed by atoms with E-state index in [1.807, 2.05) is 57.2 Å². The van der Waals surface area contributed by atoms with Crippen LogP contribution < -0.4 is 10.6 Å². The van der Waals surface area contributed by atoms with Crippen LogP contribution in [0.15, 0.2) is 36.4 Å². The molecule has 0 saturated carbocycles. The van der Waals surface area contributed by atoms with Gasteiger partial charge in [-0.25, -0.2) is 4.79 Å². The number of halogens is 1. The van der Waals surface area contributed by atoms with Gasteiger partial charge in [-0.05, 0) is 50.1 Å². The fourth-order valence-electron chi connectivity index (χ4n) is 1.99. The molecule has 0 radical (unpaired) electrons. The van der Waals surface area contributed by atoms with Gasteiger partial charge < -0.3 is 10.6 Å². The van der Waals surface area contributed by atoms with Crippen LogP contribution in [0.2, 0.25) is 5.02 Å². The van der Waals surface area contributed by atoms with E-state index in [4.69, 9.17) is 11.6 Å². The van der Waals surface area contributed by atoms with Crippen LogP contribution >= 0.6 is 11.6 Å². The summed E-state index contributed by atoms with van der Waals surface area (Å²) in [6, 6.07) is 11.1. The van der Waals surface area contributed by atoms with Crippen LogP contribution in [0.25, 0.3) is 0 Å². The topological polar surface area (TPSA) is 41.1 Å². The van der Waals surface area contributed by atoms with Crippen LogP contribution in [0.1, 0.15) is 16.7 Å². The highest BCUT2D eigenvalue weighted by Crippen LogP contribution is 2.27. The minimum Gasteiger partial charge on any atom is -0.308 e. The van der Waals surface area contributed by atoms with Crippen molar-refractivity contribution in [2.75, 3.05) is 10.6 Å². The quantitative estimate of drug-likeness (QED) is 0.810. The third kappa shape index (κ3) is 3.52. The summed E-state index contributed by atoms with van der Waals surface area (Å²) in [5.74, 6) is 0. The van der Waals surface area contributed by atoms with E-state index in [0.29, 0.717) is 10.7 Å². The Morgan fingerprint density at radius 3 is 2.20 bits per heavy atom. The predicted molar refractivity (Wildman–Crippen MR) is 84.7 cm³/mol. The number of carbonyl (C=O) groups excluding carboxylic acids is 1. The lowest BCUT2D eigenvalue weighted by atomic mass is 10.1. The minimum atomic E-state index is -0.303. The maximum atomic E-state index is 12.0. The molecule has 0 saturated heterocycles. The Kier molecular flexibility index (Phi) is 4.30. The van der Waals surface area contributed by atoms with Crippen molar-refractivity contribution in [2.24, 2.45) is 0 Å². The standard InChI is InChI=1S/C16H17ClN2O/c1-10-4-6-13(7-5-10)18-16(20)19-15-12(3)8-11(2)9-14(15)17/h4-9H,1-3H3,(H2,18,19,20). The Bertz CT molecular complexity index is 612. The van der Waals surface area contributed by atoms with Crippen molar-refractivity contribution in [1.29, 1.82) is 0 Å². The fourth-order valence-corrected chi connectivity index (χ4v) is 2.36. The Morgan fingerprint density at radius 2 is 1.60 bits per heavy atom. The van der Waals surface area contributed by atoms with Gasteiger partial charge in [0.2, 0.25) is 0 Å². The number of amides is 2. The van der Waals surface area contributed by atoms with E-state index in [0.717, 1.165) is 22.4 Å². The van der Waals surface area contributed by atoms with Gasteiger partial charge in [0.15, 0.2) is 0 Å². The summed E-state index contributed by atoms with van der Waals surface area (Å²) >= 11 is 6.16. The normalized spacial score (nSPS) is 10.2. The van der Waals surface area contributed by atoms with Crippen molar-refractivity contribution < 1.29 is 4.79 Å². The number of hydrogen-bond acceptors (Lipinski definition) is 1. The molecule has 2 aromatic rings. The zero-order chi connectivity index (χ0) is 14.7. The highest BCUT2D eigenvalue weighted by Gasteiger charge is 2.09. The molecule has 2 N–H and O–H groups in total. The molecule has 0 bridgehead atoms. The molecule has 2 aromatic carbocycles. The molecule has 0 aromatic heterocycles. The van der Waals surface area contributed by atoms with Crippen molar-refractivity contribution >= 4 is 29.0 Å². The average molecular weight is 289 g/mol. The molecule has 0 atom stereocenters. The van der Waals surface area contributed by atoms with E-state index in [9.17, 15) is 4.79 Å². The first-order valence-electron chi connectivity index (χ1n) is 6.37. The van der Waals surface area contributed by atoms with Crippen molar-refractivity contribution in [3.63, 3.8) is 0 Å². The lowest BCUT2D eigenvalue weighted by Crippen LogP contribution is -2.20. The first-order valence-corrected chi connectivity index (χ1v) is 6.75. The number of benzene rings is 2. The first-order chi connectivity index (χ1) is 9.45. The number of carbonyl (C=O) groups is 1. The van der Waals surface area contributed by atoms with Crippen molar-refractivity contribution in [2.45, 2.75) is 20.8 Å². The van der Waals surface area contributed by atoms with Gasteiger partial charge >= 0.3 is 6.03 Å². The van der Waals surface area contributed by atoms with Crippen LogP contribution in [0.4, 0.5) is 16.2 Å². The molecule has 0 unspecified atom stereocenters. The van der Waals surface area contributed by atoms with Gasteiger partial charge in [-0.15, -0.1) is 0 Å². The van der Waals surface area contributed by atoms with E-state index in [1.165, 1.54) is 0 Å². The number of nitrogens with one attached hydrogen (secondary N) is 2. The molecule has 3 nitrogen and oxygen atoms in total. The smallest absolute Gasteiger partial charge is 0.308 e. The molecule has 0 fully saturated rings. The number of rotatable bonds is 2. The summed E-state index contributed by atoms with van der Waals surface area (Å²) < 4.78 is 0. The van der Waals surface area contributed by atoms with Crippen molar-refractivity contribution in [3.05, 3.63) is 58.1 Å². The maximum absolute atomic E-state index is 12.0. The van der Waals surface area contributed by atoms with E-state index in [2.05, 4.69) is 10.6 Å². The van der Waals surface area contributed by atoms with Gasteiger partial charge in [0, 0.05) is 5.69 Å². The van der Waals surface area contributed by atoms with E-state index < -0.39 is 0 Å². The van der Waals surface area contributed by atoms with Crippen LogP contribution in [0.3, 0.4) is 0 Å². The molecule has 0 spiro atoms. The Labute approximate surface area is 124 Å². The lowest BCUT2D eigenvalue weighted by Gasteiger charge is -2.12. The van der Waals surface area contributed by atoms with Crippen molar-refractivity contribution in [3.8, 4) is 0 Å². The van der Waals surface area contributed by atoms with Gasteiger partial charge in [-0.2, -0.15) is 0 Å². The number of hydrogen-bond donors (Lipinski definition) is 2.